The number of carbonyl (C=O) groups excluding carboxylic acids is 1. The third kappa shape index (κ3) is 6.00. The number of anilines is 2. The Labute approximate surface area is 236 Å². The van der Waals surface area contributed by atoms with E-state index in [1.807, 2.05) is 0 Å². The van der Waals surface area contributed by atoms with Crippen LogP contribution in [0.2, 0.25) is 5.28 Å². The molecule has 0 bridgehead atoms. The third-order valence-electron chi connectivity index (χ3n) is 8.13. The number of hydrogen-bond donors (Lipinski definition) is 2. The summed E-state index contributed by atoms with van der Waals surface area (Å²) in [5.41, 5.74) is 5.60. The van der Waals surface area contributed by atoms with Crippen molar-refractivity contribution in [2.24, 2.45) is 0 Å². The Morgan fingerprint density at radius 1 is 1.27 bits per heavy atom. The number of ether oxygens (including phenoxy) is 2. The lowest BCUT2D eigenvalue weighted by Gasteiger charge is -2.41. The highest BCUT2D eigenvalue weighted by Gasteiger charge is 2.46. The van der Waals surface area contributed by atoms with Crippen molar-refractivity contribution in [2.45, 2.75) is 69.6 Å². The van der Waals surface area contributed by atoms with E-state index in [9.17, 15) is 18.0 Å². The zero-order chi connectivity index (χ0) is 28.7. The van der Waals surface area contributed by atoms with E-state index in [-0.39, 0.29) is 36.1 Å². The van der Waals surface area contributed by atoms with Gasteiger partial charge in [-0.1, -0.05) is 0 Å². The number of nitrogens with one attached hydrogen (secondary N) is 1. The highest BCUT2D eigenvalue weighted by Crippen LogP contribution is 2.37. The zero-order valence-electron chi connectivity index (χ0n) is 22.6. The number of piperidine rings is 1. The van der Waals surface area contributed by atoms with E-state index < -0.39 is 23.4 Å². The lowest BCUT2D eigenvalue weighted by atomic mass is 9.89. The molecule has 1 amide bonds. The fraction of sp³-hybridized carbons (Fsp3) is 0.593. The Kier molecular flexibility index (Phi) is 8.15. The first-order chi connectivity index (χ1) is 19.0. The van der Waals surface area contributed by atoms with Gasteiger partial charge in [0.25, 0.3) is 5.91 Å². The van der Waals surface area contributed by atoms with E-state index in [1.165, 1.54) is 6.07 Å². The molecule has 0 spiro atoms. The summed E-state index contributed by atoms with van der Waals surface area (Å²) in [6.45, 7) is 5.32. The molecule has 2 unspecified atom stereocenters. The SMILES string of the molecule is COC1(C(=O)N2Cc3nc(Cl)nc(NC(C)c4cc(N)cc(C(F)(F)F)c4)c3C2)CCN(CC2CCCO2)CC1. The molecule has 9 nitrogen and oxygen atoms in total. The minimum Gasteiger partial charge on any atom is -0.399 e. The number of nitrogens with zero attached hydrogens (tertiary/aromatic N) is 4. The van der Waals surface area contributed by atoms with Crippen LogP contribution >= 0.6 is 11.6 Å². The summed E-state index contributed by atoms with van der Waals surface area (Å²) >= 11 is 6.21. The van der Waals surface area contributed by atoms with E-state index in [2.05, 4.69) is 20.2 Å². The van der Waals surface area contributed by atoms with Gasteiger partial charge in [0.1, 0.15) is 11.4 Å². The van der Waals surface area contributed by atoms with Gasteiger partial charge in [-0.05, 0) is 68.0 Å². The van der Waals surface area contributed by atoms with Crippen LogP contribution in [0.25, 0.3) is 0 Å². The first kappa shape index (κ1) is 28.8. The number of aromatic nitrogens is 2. The van der Waals surface area contributed by atoms with Gasteiger partial charge in [-0.2, -0.15) is 13.2 Å². The van der Waals surface area contributed by atoms with Crippen LogP contribution in [0.4, 0.5) is 24.7 Å². The molecule has 0 radical (unpaired) electrons. The lowest BCUT2D eigenvalue weighted by Crippen LogP contribution is -2.55. The van der Waals surface area contributed by atoms with Crippen LogP contribution in [0.3, 0.4) is 0 Å². The molecule has 3 aliphatic rings. The van der Waals surface area contributed by atoms with Crippen molar-refractivity contribution in [1.82, 2.24) is 19.8 Å². The van der Waals surface area contributed by atoms with Gasteiger partial charge in [0.2, 0.25) is 5.28 Å². The van der Waals surface area contributed by atoms with Gasteiger partial charge in [0, 0.05) is 44.6 Å². The molecule has 0 saturated carbocycles. The molecule has 13 heteroatoms. The number of rotatable bonds is 7. The standard InChI is InChI=1S/C27H34ClF3N6O3/c1-16(17-10-18(27(29,30)31)12-19(32)11-17)33-23-21-14-37(15-22(21)34-25(28)35-23)24(38)26(39-2)5-7-36(8-6-26)13-20-4-3-9-40-20/h10-12,16,20H,3-9,13-15,32H2,1-2H3,(H,33,34,35). The van der Waals surface area contributed by atoms with Crippen LogP contribution in [-0.4, -0.2) is 70.7 Å². The summed E-state index contributed by atoms with van der Waals surface area (Å²) in [6, 6.07) is 2.86. The van der Waals surface area contributed by atoms with Crippen molar-refractivity contribution in [1.29, 1.82) is 0 Å². The maximum Gasteiger partial charge on any atom is 0.416 e. The minimum absolute atomic E-state index is 0.00729. The van der Waals surface area contributed by atoms with E-state index in [0.29, 0.717) is 35.5 Å². The summed E-state index contributed by atoms with van der Waals surface area (Å²) in [7, 11) is 1.57. The number of likely N-dealkylation sites (tertiary alicyclic amines) is 1. The van der Waals surface area contributed by atoms with Gasteiger partial charge in [0.15, 0.2) is 0 Å². The minimum atomic E-state index is -4.53. The van der Waals surface area contributed by atoms with Crippen LogP contribution in [0, 0.1) is 0 Å². The Morgan fingerprint density at radius 2 is 2.02 bits per heavy atom. The molecule has 0 aliphatic carbocycles. The molecule has 218 valence electrons. The largest absolute Gasteiger partial charge is 0.416 e. The van der Waals surface area contributed by atoms with Crippen LogP contribution in [0.15, 0.2) is 18.2 Å². The maximum absolute atomic E-state index is 13.8. The predicted octanol–water partition coefficient (Wildman–Crippen LogP) is 4.41. The van der Waals surface area contributed by atoms with Crippen LogP contribution in [0.5, 0.6) is 0 Å². The molecule has 2 atom stereocenters. The highest BCUT2D eigenvalue weighted by molar-refractivity contribution is 6.28. The van der Waals surface area contributed by atoms with E-state index >= 15 is 0 Å². The normalized spacial score (nSPS) is 21.9. The van der Waals surface area contributed by atoms with Gasteiger partial charge in [-0.3, -0.25) is 4.79 Å². The van der Waals surface area contributed by atoms with E-state index in [0.717, 1.165) is 51.2 Å². The highest BCUT2D eigenvalue weighted by atomic mass is 35.5. The number of benzene rings is 1. The number of amides is 1. The average Bonchev–Trinajstić information content (AvgIpc) is 3.58. The van der Waals surface area contributed by atoms with Crippen molar-refractivity contribution in [3.05, 3.63) is 45.9 Å². The second-order valence-corrected chi connectivity index (χ2v) is 11.2. The summed E-state index contributed by atoms with van der Waals surface area (Å²) in [5, 5.41) is 3.14. The zero-order valence-corrected chi connectivity index (χ0v) is 23.3. The van der Waals surface area contributed by atoms with Crippen molar-refractivity contribution < 1.29 is 27.4 Å². The first-order valence-electron chi connectivity index (χ1n) is 13.5. The number of nitrogens with two attached hydrogens (primary N) is 1. The fourth-order valence-corrected chi connectivity index (χ4v) is 6.02. The fourth-order valence-electron chi connectivity index (χ4n) is 5.83. The van der Waals surface area contributed by atoms with Crippen LogP contribution < -0.4 is 11.1 Å². The monoisotopic (exact) mass is 582 g/mol. The summed E-state index contributed by atoms with van der Waals surface area (Å²) in [5.74, 6) is 0.247. The smallest absolute Gasteiger partial charge is 0.399 e. The van der Waals surface area contributed by atoms with Crippen molar-refractivity contribution in [3.63, 3.8) is 0 Å². The maximum atomic E-state index is 13.8. The average molecular weight is 583 g/mol. The molecule has 3 N–H and O–H groups in total. The van der Waals surface area contributed by atoms with Gasteiger partial charge in [0.05, 0.1) is 36.5 Å². The summed E-state index contributed by atoms with van der Waals surface area (Å²) in [6.07, 6.45) is -0.993. The number of hydrogen-bond acceptors (Lipinski definition) is 8. The lowest BCUT2D eigenvalue weighted by molar-refractivity contribution is -0.162. The third-order valence-corrected chi connectivity index (χ3v) is 8.30. The van der Waals surface area contributed by atoms with Gasteiger partial charge in [-0.25, -0.2) is 9.97 Å². The number of carbonyl (C=O) groups is 1. The van der Waals surface area contributed by atoms with Gasteiger partial charge < -0.3 is 30.3 Å². The molecule has 1 aromatic carbocycles. The van der Waals surface area contributed by atoms with E-state index in [4.69, 9.17) is 26.8 Å². The molecule has 4 heterocycles. The quantitative estimate of drug-likeness (QED) is 0.365. The van der Waals surface area contributed by atoms with Crippen molar-refractivity contribution in [2.75, 3.05) is 44.4 Å². The summed E-state index contributed by atoms with van der Waals surface area (Å²) in [4.78, 5) is 26.5. The van der Waals surface area contributed by atoms with Gasteiger partial charge >= 0.3 is 6.18 Å². The molecule has 2 fully saturated rings. The first-order valence-corrected chi connectivity index (χ1v) is 13.8. The number of nitrogen functional groups attached to an aromatic ring is 1. The number of methoxy groups -OCH3 is 1. The molecule has 5 rings (SSSR count). The number of fused-ring (bicyclic) bond motifs is 1. The number of alkyl halides is 3. The Hall–Kier alpha value is -2.67. The van der Waals surface area contributed by atoms with Crippen molar-refractivity contribution in [3.8, 4) is 0 Å². The molecule has 2 saturated heterocycles. The Bertz CT molecular complexity index is 1250. The number of halogens is 4. The van der Waals surface area contributed by atoms with Crippen LogP contribution in [0.1, 0.15) is 61.0 Å². The second-order valence-electron chi connectivity index (χ2n) is 10.8. The second kappa shape index (κ2) is 11.3. The predicted molar refractivity (Wildman–Crippen MR) is 144 cm³/mol. The van der Waals surface area contributed by atoms with Gasteiger partial charge in [-0.15, -0.1) is 0 Å². The molecule has 2 aromatic rings. The van der Waals surface area contributed by atoms with E-state index in [1.54, 1.807) is 18.9 Å². The molecule has 3 aliphatic heterocycles. The van der Waals surface area contributed by atoms with Crippen LogP contribution in [-0.2, 0) is 33.5 Å². The van der Waals surface area contributed by atoms with Crippen molar-refractivity contribution >= 4 is 29.0 Å². The Morgan fingerprint density at radius 3 is 2.67 bits per heavy atom. The molecule has 40 heavy (non-hydrogen) atoms. The molecular weight excluding hydrogens is 549 g/mol. The molecule has 1 aromatic heterocycles. The molecular formula is C27H34ClF3N6O3. The Balaban J connectivity index is 1.29. The topological polar surface area (TPSA) is 106 Å². The summed E-state index contributed by atoms with van der Waals surface area (Å²) < 4.78 is 51.7.